The molecule has 74 valence electrons. The first-order valence-electron chi connectivity index (χ1n) is 4.68. The first-order chi connectivity index (χ1) is 6.88. The summed E-state index contributed by atoms with van der Waals surface area (Å²) in [7, 11) is 0. The number of carbonyl (C=O) groups excluding carboxylic acids is 1. The van der Waals surface area contributed by atoms with Gasteiger partial charge in [0.15, 0.2) is 0 Å². The lowest BCUT2D eigenvalue weighted by Gasteiger charge is -2.06. The van der Waals surface area contributed by atoms with E-state index in [0.29, 0.717) is 5.25 Å². The van der Waals surface area contributed by atoms with Gasteiger partial charge in [-0.15, -0.1) is 11.8 Å². The zero-order valence-electron chi connectivity index (χ0n) is 7.81. The van der Waals surface area contributed by atoms with E-state index in [1.165, 1.54) is 0 Å². The molecular formula is C11H12O2S. The summed E-state index contributed by atoms with van der Waals surface area (Å²) in [5, 5.41) is 0.553. The topological polar surface area (TPSA) is 26.3 Å². The van der Waals surface area contributed by atoms with Gasteiger partial charge >= 0.3 is 0 Å². The van der Waals surface area contributed by atoms with Crippen molar-refractivity contribution in [1.82, 2.24) is 0 Å². The van der Waals surface area contributed by atoms with Crippen LogP contribution in [-0.2, 0) is 4.74 Å². The van der Waals surface area contributed by atoms with E-state index in [1.54, 1.807) is 11.8 Å². The van der Waals surface area contributed by atoms with Crippen molar-refractivity contribution >= 4 is 18.0 Å². The van der Waals surface area contributed by atoms with Crippen molar-refractivity contribution in [2.75, 3.05) is 13.2 Å². The molecule has 1 saturated heterocycles. The molecule has 1 fully saturated rings. The SMILES string of the molecule is O=Cc1cccc(SC2CCOC2)c1. The van der Waals surface area contributed by atoms with Crippen molar-refractivity contribution in [1.29, 1.82) is 0 Å². The van der Waals surface area contributed by atoms with Crippen molar-refractivity contribution in [2.45, 2.75) is 16.6 Å². The molecule has 0 aromatic heterocycles. The Morgan fingerprint density at radius 1 is 1.50 bits per heavy atom. The van der Waals surface area contributed by atoms with Crippen LogP contribution in [0.15, 0.2) is 29.2 Å². The smallest absolute Gasteiger partial charge is 0.150 e. The lowest BCUT2D eigenvalue weighted by Crippen LogP contribution is -1.99. The van der Waals surface area contributed by atoms with Crippen LogP contribution in [0.3, 0.4) is 0 Å². The minimum absolute atomic E-state index is 0.553. The highest BCUT2D eigenvalue weighted by atomic mass is 32.2. The molecule has 0 saturated carbocycles. The van der Waals surface area contributed by atoms with Crippen molar-refractivity contribution < 1.29 is 9.53 Å². The molecule has 1 aliphatic rings. The van der Waals surface area contributed by atoms with Crippen LogP contribution in [0.2, 0.25) is 0 Å². The Hall–Kier alpha value is -0.800. The molecule has 1 aliphatic heterocycles. The van der Waals surface area contributed by atoms with Gasteiger partial charge in [0.05, 0.1) is 6.61 Å². The summed E-state index contributed by atoms with van der Waals surface area (Å²) in [6.07, 6.45) is 1.99. The number of hydrogen-bond donors (Lipinski definition) is 0. The molecule has 2 rings (SSSR count). The predicted molar refractivity (Wildman–Crippen MR) is 56.9 cm³/mol. The highest BCUT2D eigenvalue weighted by molar-refractivity contribution is 8.00. The molecule has 1 aromatic carbocycles. The normalized spacial score (nSPS) is 21.0. The number of thioether (sulfide) groups is 1. The van der Waals surface area contributed by atoms with Gasteiger partial charge in [0.2, 0.25) is 0 Å². The number of rotatable bonds is 3. The average molecular weight is 208 g/mol. The molecular weight excluding hydrogens is 196 g/mol. The van der Waals surface area contributed by atoms with Crippen LogP contribution in [0.4, 0.5) is 0 Å². The van der Waals surface area contributed by atoms with E-state index in [-0.39, 0.29) is 0 Å². The first kappa shape index (κ1) is 9.74. The molecule has 0 amide bonds. The van der Waals surface area contributed by atoms with Gasteiger partial charge < -0.3 is 4.74 Å². The molecule has 0 aliphatic carbocycles. The molecule has 0 radical (unpaired) electrons. The number of ether oxygens (including phenoxy) is 1. The van der Waals surface area contributed by atoms with Crippen LogP contribution >= 0.6 is 11.8 Å². The largest absolute Gasteiger partial charge is 0.380 e. The highest BCUT2D eigenvalue weighted by Crippen LogP contribution is 2.28. The lowest BCUT2D eigenvalue weighted by molar-refractivity contribution is 0.112. The molecule has 1 aromatic rings. The second kappa shape index (κ2) is 4.62. The third-order valence-corrected chi connectivity index (χ3v) is 3.42. The van der Waals surface area contributed by atoms with E-state index < -0.39 is 0 Å². The molecule has 1 atom stereocenters. The molecule has 0 N–H and O–H groups in total. The highest BCUT2D eigenvalue weighted by Gasteiger charge is 2.16. The maximum atomic E-state index is 10.6. The zero-order chi connectivity index (χ0) is 9.80. The molecule has 3 heteroatoms. The maximum absolute atomic E-state index is 10.6. The van der Waals surface area contributed by atoms with Gasteiger partial charge in [-0.05, 0) is 18.6 Å². The number of hydrogen-bond acceptors (Lipinski definition) is 3. The lowest BCUT2D eigenvalue weighted by atomic mass is 10.2. The van der Waals surface area contributed by atoms with E-state index in [9.17, 15) is 4.79 Å². The Kier molecular flexibility index (Phi) is 3.22. The summed E-state index contributed by atoms with van der Waals surface area (Å²) in [6.45, 7) is 1.70. The minimum Gasteiger partial charge on any atom is -0.380 e. The summed E-state index contributed by atoms with van der Waals surface area (Å²) in [5.41, 5.74) is 0.744. The van der Waals surface area contributed by atoms with Gasteiger partial charge in [-0.2, -0.15) is 0 Å². The Labute approximate surface area is 87.6 Å². The van der Waals surface area contributed by atoms with E-state index in [1.807, 2.05) is 24.3 Å². The first-order valence-corrected chi connectivity index (χ1v) is 5.56. The second-order valence-electron chi connectivity index (χ2n) is 3.29. The molecule has 0 bridgehead atoms. The molecule has 2 nitrogen and oxygen atoms in total. The third-order valence-electron chi connectivity index (χ3n) is 2.18. The van der Waals surface area contributed by atoms with Gasteiger partial charge in [0.1, 0.15) is 6.29 Å². The summed E-state index contributed by atoms with van der Waals surface area (Å²) in [4.78, 5) is 11.7. The number of carbonyl (C=O) groups is 1. The molecule has 1 heterocycles. The Morgan fingerprint density at radius 2 is 2.43 bits per heavy atom. The summed E-state index contributed by atoms with van der Waals surface area (Å²) >= 11 is 1.80. The van der Waals surface area contributed by atoms with Crippen molar-refractivity contribution in [3.63, 3.8) is 0 Å². The maximum Gasteiger partial charge on any atom is 0.150 e. The van der Waals surface area contributed by atoms with E-state index in [2.05, 4.69) is 0 Å². The van der Waals surface area contributed by atoms with Gasteiger partial charge in [-0.3, -0.25) is 4.79 Å². The van der Waals surface area contributed by atoms with Crippen LogP contribution in [0.25, 0.3) is 0 Å². The fraction of sp³-hybridized carbons (Fsp3) is 0.364. The Balaban J connectivity index is 2.04. The second-order valence-corrected chi connectivity index (χ2v) is 4.67. The van der Waals surface area contributed by atoms with Gasteiger partial charge in [0, 0.05) is 22.3 Å². The predicted octanol–water partition coefficient (Wildman–Crippen LogP) is 2.38. The van der Waals surface area contributed by atoms with Crippen LogP contribution in [-0.4, -0.2) is 24.7 Å². The molecule has 1 unspecified atom stereocenters. The van der Waals surface area contributed by atoms with Gasteiger partial charge in [0.25, 0.3) is 0 Å². The number of aldehydes is 1. The zero-order valence-corrected chi connectivity index (χ0v) is 8.63. The van der Waals surface area contributed by atoms with Crippen LogP contribution in [0.1, 0.15) is 16.8 Å². The summed E-state index contributed by atoms with van der Waals surface area (Å²) in [6, 6.07) is 7.70. The van der Waals surface area contributed by atoms with E-state index in [0.717, 1.165) is 36.4 Å². The monoisotopic (exact) mass is 208 g/mol. The van der Waals surface area contributed by atoms with Crippen LogP contribution in [0.5, 0.6) is 0 Å². The summed E-state index contributed by atoms with van der Waals surface area (Å²) in [5.74, 6) is 0. The van der Waals surface area contributed by atoms with Crippen LogP contribution < -0.4 is 0 Å². The average Bonchev–Trinajstić information content (AvgIpc) is 2.71. The molecule has 0 spiro atoms. The number of benzene rings is 1. The van der Waals surface area contributed by atoms with Crippen molar-refractivity contribution in [2.24, 2.45) is 0 Å². The fourth-order valence-electron chi connectivity index (χ4n) is 1.46. The van der Waals surface area contributed by atoms with E-state index >= 15 is 0 Å². The fourth-order valence-corrected chi connectivity index (χ4v) is 2.58. The minimum atomic E-state index is 0.553. The summed E-state index contributed by atoms with van der Waals surface area (Å²) < 4.78 is 5.30. The van der Waals surface area contributed by atoms with Crippen molar-refractivity contribution in [3.05, 3.63) is 29.8 Å². The Morgan fingerprint density at radius 3 is 3.14 bits per heavy atom. The quantitative estimate of drug-likeness (QED) is 0.713. The Bertz CT molecular complexity index is 319. The van der Waals surface area contributed by atoms with Gasteiger partial charge in [-0.25, -0.2) is 0 Å². The third kappa shape index (κ3) is 2.36. The van der Waals surface area contributed by atoms with Gasteiger partial charge in [-0.1, -0.05) is 12.1 Å². The van der Waals surface area contributed by atoms with Crippen LogP contribution in [0, 0.1) is 0 Å². The van der Waals surface area contributed by atoms with Crippen molar-refractivity contribution in [3.8, 4) is 0 Å². The van der Waals surface area contributed by atoms with E-state index in [4.69, 9.17) is 4.74 Å². The molecule has 14 heavy (non-hydrogen) atoms. The standard InChI is InChI=1S/C11H12O2S/c12-7-9-2-1-3-10(6-9)14-11-4-5-13-8-11/h1-3,6-7,11H,4-5,8H2.